The van der Waals surface area contributed by atoms with Crippen LogP contribution in [0.15, 0.2) is 36.4 Å². The topological polar surface area (TPSA) is 111 Å². The zero-order valence-electron chi connectivity index (χ0n) is 19.2. The molecule has 3 rings (SSSR count). The second-order valence-electron chi connectivity index (χ2n) is 8.40. The Hall–Kier alpha value is -3.88. The minimum Gasteiger partial charge on any atom is -0.493 e. The number of imide groups is 1. The Labute approximate surface area is 191 Å². The molecule has 174 valence electrons. The zero-order chi connectivity index (χ0) is 24.3. The van der Waals surface area contributed by atoms with Gasteiger partial charge in [0, 0.05) is 17.5 Å². The predicted molar refractivity (Wildman–Crippen MR) is 120 cm³/mol. The molecular formula is C24H26N2O7. The third-order valence-electron chi connectivity index (χ3n) is 5.10. The van der Waals surface area contributed by atoms with Crippen LogP contribution in [0.25, 0.3) is 0 Å². The summed E-state index contributed by atoms with van der Waals surface area (Å²) in [5.41, 5.74) is 0.174. The lowest BCUT2D eigenvalue weighted by molar-refractivity contribution is -0.123. The first-order valence-corrected chi connectivity index (χ1v) is 10.3. The fraction of sp³-hybridized carbons (Fsp3) is 0.333. The molecule has 0 radical (unpaired) electrons. The average Bonchev–Trinajstić information content (AvgIpc) is 3.03. The van der Waals surface area contributed by atoms with E-state index in [1.807, 2.05) is 0 Å². The first-order chi connectivity index (χ1) is 15.6. The fourth-order valence-electron chi connectivity index (χ4n) is 3.21. The van der Waals surface area contributed by atoms with Gasteiger partial charge in [-0.05, 0) is 12.1 Å². The van der Waals surface area contributed by atoms with Crippen molar-refractivity contribution in [1.29, 1.82) is 0 Å². The molecule has 2 aromatic carbocycles. The van der Waals surface area contributed by atoms with Crippen LogP contribution in [-0.4, -0.2) is 56.0 Å². The van der Waals surface area contributed by atoms with E-state index in [0.717, 1.165) is 4.90 Å². The Balaban J connectivity index is 1.77. The van der Waals surface area contributed by atoms with Gasteiger partial charge in [0.15, 0.2) is 11.5 Å². The van der Waals surface area contributed by atoms with Gasteiger partial charge in [0.25, 0.3) is 11.8 Å². The second kappa shape index (κ2) is 9.32. The average molecular weight is 454 g/mol. The highest BCUT2D eigenvalue weighted by molar-refractivity contribution is 6.21. The van der Waals surface area contributed by atoms with Gasteiger partial charge in [-0.3, -0.25) is 19.3 Å². The third-order valence-corrected chi connectivity index (χ3v) is 5.10. The molecule has 0 unspecified atom stereocenters. The van der Waals surface area contributed by atoms with Crippen LogP contribution >= 0.6 is 0 Å². The monoisotopic (exact) mass is 454 g/mol. The number of methoxy groups -OCH3 is 2. The van der Waals surface area contributed by atoms with Crippen molar-refractivity contribution >= 4 is 29.4 Å². The minimum atomic E-state index is -0.753. The highest BCUT2D eigenvalue weighted by atomic mass is 16.5. The molecule has 1 aliphatic heterocycles. The maximum absolute atomic E-state index is 12.9. The molecule has 3 amide bonds. The molecular weight excluding hydrogens is 428 g/mol. The maximum atomic E-state index is 12.9. The zero-order valence-corrected chi connectivity index (χ0v) is 19.2. The van der Waals surface area contributed by atoms with Gasteiger partial charge in [0.1, 0.15) is 6.61 Å². The highest BCUT2D eigenvalue weighted by Crippen LogP contribution is 2.34. The van der Waals surface area contributed by atoms with Crippen molar-refractivity contribution in [3.63, 3.8) is 0 Å². The van der Waals surface area contributed by atoms with E-state index >= 15 is 0 Å². The number of anilines is 1. The lowest BCUT2D eigenvalue weighted by atomic mass is 9.95. The quantitative estimate of drug-likeness (QED) is 0.505. The molecule has 0 saturated heterocycles. The van der Waals surface area contributed by atoms with E-state index in [4.69, 9.17) is 14.2 Å². The molecule has 1 aliphatic rings. The molecule has 0 atom stereocenters. The Bertz CT molecular complexity index is 1080. The van der Waals surface area contributed by atoms with Crippen molar-refractivity contribution in [2.24, 2.45) is 5.41 Å². The van der Waals surface area contributed by atoms with Gasteiger partial charge in [0.05, 0.1) is 43.1 Å². The Morgan fingerprint density at radius 1 is 0.939 bits per heavy atom. The summed E-state index contributed by atoms with van der Waals surface area (Å²) >= 11 is 0. The van der Waals surface area contributed by atoms with Crippen molar-refractivity contribution < 1.29 is 33.4 Å². The van der Waals surface area contributed by atoms with E-state index in [2.05, 4.69) is 5.32 Å². The van der Waals surface area contributed by atoms with Gasteiger partial charge >= 0.3 is 5.97 Å². The number of rotatable bonds is 7. The van der Waals surface area contributed by atoms with Gasteiger partial charge in [0.2, 0.25) is 5.91 Å². The van der Waals surface area contributed by atoms with E-state index in [9.17, 15) is 19.2 Å². The number of ether oxygens (including phenoxy) is 3. The van der Waals surface area contributed by atoms with E-state index < -0.39 is 23.2 Å². The van der Waals surface area contributed by atoms with E-state index in [1.54, 1.807) is 45.0 Å². The number of hydrogen-bond acceptors (Lipinski definition) is 7. The van der Waals surface area contributed by atoms with Gasteiger partial charge in [-0.15, -0.1) is 0 Å². The number of carbonyl (C=O) groups is 4. The smallest absolute Gasteiger partial charge is 0.340 e. The molecule has 0 spiro atoms. The van der Waals surface area contributed by atoms with Crippen LogP contribution < -0.4 is 14.8 Å². The normalized spacial score (nSPS) is 12.9. The first-order valence-electron chi connectivity index (χ1n) is 10.3. The molecule has 0 bridgehead atoms. The number of fused-ring (bicyclic) bond motifs is 1. The van der Waals surface area contributed by atoms with Crippen molar-refractivity contribution in [3.05, 3.63) is 53.1 Å². The van der Waals surface area contributed by atoms with Crippen LogP contribution in [0.2, 0.25) is 0 Å². The Morgan fingerprint density at radius 2 is 1.48 bits per heavy atom. The number of carbonyl (C=O) groups excluding carboxylic acids is 4. The minimum absolute atomic E-state index is 0.0487. The Kier molecular flexibility index (Phi) is 6.71. The van der Waals surface area contributed by atoms with Crippen LogP contribution in [0.4, 0.5) is 5.69 Å². The highest BCUT2D eigenvalue weighted by Gasteiger charge is 2.35. The van der Waals surface area contributed by atoms with Crippen molar-refractivity contribution in [3.8, 4) is 11.5 Å². The number of hydrogen-bond donors (Lipinski definition) is 1. The van der Waals surface area contributed by atoms with Gasteiger partial charge < -0.3 is 19.5 Å². The fourth-order valence-corrected chi connectivity index (χ4v) is 3.21. The lowest BCUT2D eigenvalue weighted by Crippen LogP contribution is -2.33. The molecule has 1 N–H and O–H groups in total. The standard InChI is InChI=1S/C24H26N2O7/c1-24(2,3)23(30)25-17-13-19(32-5)18(31-4)12-16(17)22(29)33-11-10-26-20(27)14-8-6-7-9-15(14)21(26)28/h6-9,12-13H,10-11H2,1-5H3,(H,25,30). The van der Waals surface area contributed by atoms with Crippen molar-refractivity contribution in [1.82, 2.24) is 4.90 Å². The van der Waals surface area contributed by atoms with Crippen LogP contribution in [0, 0.1) is 5.41 Å². The first kappa shape index (κ1) is 23.8. The summed E-state index contributed by atoms with van der Waals surface area (Å²) in [5.74, 6) is -1.33. The molecule has 0 saturated carbocycles. The molecule has 33 heavy (non-hydrogen) atoms. The van der Waals surface area contributed by atoms with E-state index in [1.165, 1.54) is 26.4 Å². The van der Waals surface area contributed by atoms with Crippen molar-refractivity contribution in [2.45, 2.75) is 20.8 Å². The largest absolute Gasteiger partial charge is 0.493 e. The maximum Gasteiger partial charge on any atom is 0.340 e. The third kappa shape index (κ3) is 4.82. The summed E-state index contributed by atoms with van der Waals surface area (Å²) in [6, 6.07) is 9.39. The number of amides is 3. The Morgan fingerprint density at radius 3 is 2.00 bits per heavy atom. The number of esters is 1. The summed E-state index contributed by atoms with van der Waals surface area (Å²) in [5, 5.41) is 2.72. The van der Waals surface area contributed by atoms with Gasteiger partial charge in [-0.1, -0.05) is 32.9 Å². The molecule has 1 heterocycles. The molecule has 0 fully saturated rings. The van der Waals surface area contributed by atoms with Crippen LogP contribution in [0.3, 0.4) is 0 Å². The molecule has 9 heteroatoms. The summed E-state index contributed by atoms with van der Waals surface area (Å²) < 4.78 is 15.9. The summed E-state index contributed by atoms with van der Waals surface area (Å²) in [6.45, 7) is 4.90. The van der Waals surface area contributed by atoms with Crippen LogP contribution in [0.1, 0.15) is 51.8 Å². The SMILES string of the molecule is COc1cc(NC(=O)C(C)(C)C)c(C(=O)OCCN2C(=O)c3ccccc3C2=O)cc1OC. The number of nitrogens with zero attached hydrogens (tertiary/aromatic N) is 1. The molecule has 2 aromatic rings. The van der Waals surface area contributed by atoms with E-state index in [-0.39, 0.29) is 36.1 Å². The molecule has 0 aromatic heterocycles. The lowest BCUT2D eigenvalue weighted by Gasteiger charge is -2.20. The predicted octanol–water partition coefficient (Wildman–Crippen LogP) is 3.14. The van der Waals surface area contributed by atoms with Crippen LogP contribution in [0.5, 0.6) is 11.5 Å². The summed E-state index contributed by atoms with van der Waals surface area (Å²) in [6.07, 6.45) is 0. The van der Waals surface area contributed by atoms with E-state index in [0.29, 0.717) is 16.9 Å². The summed E-state index contributed by atoms with van der Waals surface area (Å²) in [4.78, 5) is 51.3. The number of nitrogens with one attached hydrogen (secondary N) is 1. The molecule has 0 aliphatic carbocycles. The summed E-state index contributed by atoms with van der Waals surface area (Å²) in [7, 11) is 2.86. The van der Waals surface area contributed by atoms with Gasteiger partial charge in [-0.2, -0.15) is 0 Å². The van der Waals surface area contributed by atoms with Gasteiger partial charge in [-0.25, -0.2) is 4.79 Å². The van der Waals surface area contributed by atoms with Crippen LogP contribution in [-0.2, 0) is 9.53 Å². The van der Waals surface area contributed by atoms with Crippen molar-refractivity contribution in [2.75, 3.05) is 32.7 Å². The molecule has 9 nitrogen and oxygen atoms in total. The second-order valence-corrected chi connectivity index (χ2v) is 8.40. The number of benzene rings is 2.